The molecule has 1 atom stereocenters. The van der Waals surface area contributed by atoms with Gasteiger partial charge in [0.15, 0.2) is 5.96 Å². The molecule has 162 valence electrons. The van der Waals surface area contributed by atoms with Gasteiger partial charge in [-0.3, -0.25) is 14.7 Å². The molecule has 6 nitrogen and oxygen atoms in total. The van der Waals surface area contributed by atoms with Gasteiger partial charge in [0.2, 0.25) is 5.91 Å². The Labute approximate surface area is 183 Å². The van der Waals surface area contributed by atoms with Gasteiger partial charge in [0.1, 0.15) is 0 Å². The third-order valence-electron chi connectivity index (χ3n) is 5.35. The number of aliphatic imine (C=N–C) groups is 1. The van der Waals surface area contributed by atoms with Gasteiger partial charge in [-0.25, -0.2) is 0 Å². The molecule has 1 aromatic heterocycles. The van der Waals surface area contributed by atoms with E-state index in [1.54, 1.807) is 7.05 Å². The van der Waals surface area contributed by atoms with Crippen LogP contribution in [0, 0.1) is 5.92 Å². The van der Waals surface area contributed by atoms with Crippen LogP contribution in [0.15, 0.2) is 46.8 Å². The smallest absolute Gasteiger partial charge is 0.226 e. The molecule has 1 unspecified atom stereocenters. The SMILES string of the molecule is CN=C(NCc1ccc(NC(=O)C(C)C)cc1)NCC(c1cccs1)N1CCCC1. The number of nitrogens with one attached hydrogen (secondary N) is 3. The monoisotopic (exact) mass is 427 g/mol. The number of hydrogen-bond acceptors (Lipinski definition) is 4. The lowest BCUT2D eigenvalue weighted by Gasteiger charge is -2.27. The van der Waals surface area contributed by atoms with E-state index in [1.165, 1.54) is 17.7 Å². The second-order valence-electron chi connectivity index (χ2n) is 7.92. The van der Waals surface area contributed by atoms with E-state index in [1.807, 2.05) is 49.4 Å². The molecule has 0 bridgehead atoms. The summed E-state index contributed by atoms with van der Waals surface area (Å²) in [6.45, 7) is 7.61. The molecule has 1 amide bonds. The molecule has 30 heavy (non-hydrogen) atoms. The van der Waals surface area contributed by atoms with E-state index in [-0.39, 0.29) is 11.8 Å². The van der Waals surface area contributed by atoms with Crippen LogP contribution in [0.25, 0.3) is 0 Å². The molecule has 1 aliphatic rings. The normalized spacial score (nSPS) is 15.9. The highest BCUT2D eigenvalue weighted by Gasteiger charge is 2.24. The number of rotatable bonds is 8. The van der Waals surface area contributed by atoms with Crippen molar-refractivity contribution in [2.45, 2.75) is 39.3 Å². The zero-order valence-corrected chi connectivity index (χ0v) is 19.0. The van der Waals surface area contributed by atoms with Crippen LogP contribution in [0.2, 0.25) is 0 Å². The average Bonchev–Trinajstić information content (AvgIpc) is 3.46. The maximum absolute atomic E-state index is 11.8. The van der Waals surface area contributed by atoms with Crippen molar-refractivity contribution < 1.29 is 4.79 Å². The Balaban J connectivity index is 1.51. The first kappa shape index (κ1) is 22.3. The van der Waals surface area contributed by atoms with E-state index >= 15 is 0 Å². The van der Waals surface area contributed by atoms with Gasteiger partial charge in [0.25, 0.3) is 0 Å². The van der Waals surface area contributed by atoms with Crippen molar-refractivity contribution in [1.29, 1.82) is 0 Å². The summed E-state index contributed by atoms with van der Waals surface area (Å²) in [6, 6.07) is 12.7. The van der Waals surface area contributed by atoms with Crippen LogP contribution in [-0.4, -0.2) is 43.4 Å². The molecule has 2 aromatic rings. The molecule has 1 saturated heterocycles. The predicted molar refractivity (Wildman–Crippen MR) is 126 cm³/mol. The molecule has 0 radical (unpaired) electrons. The lowest BCUT2D eigenvalue weighted by atomic mass is 10.1. The number of likely N-dealkylation sites (tertiary alicyclic amines) is 1. The van der Waals surface area contributed by atoms with Crippen LogP contribution in [0.3, 0.4) is 0 Å². The zero-order valence-electron chi connectivity index (χ0n) is 18.1. The fourth-order valence-electron chi connectivity index (χ4n) is 3.54. The highest BCUT2D eigenvalue weighted by atomic mass is 32.1. The fraction of sp³-hybridized carbons (Fsp3) is 0.478. The minimum absolute atomic E-state index is 0.0284. The second-order valence-corrected chi connectivity index (χ2v) is 8.90. The molecule has 1 aliphatic heterocycles. The number of carbonyl (C=O) groups is 1. The van der Waals surface area contributed by atoms with E-state index in [0.717, 1.165) is 36.8 Å². The summed E-state index contributed by atoms with van der Waals surface area (Å²) >= 11 is 1.82. The highest BCUT2D eigenvalue weighted by Crippen LogP contribution is 2.27. The third kappa shape index (κ3) is 6.31. The molecule has 0 saturated carbocycles. The van der Waals surface area contributed by atoms with Crippen molar-refractivity contribution in [3.63, 3.8) is 0 Å². The number of thiophene rings is 1. The number of nitrogens with zero attached hydrogens (tertiary/aromatic N) is 2. The fourth-order valence-corrected chi connectivity index (χ4v) is 4.40. The average molecular weight is 428 g/mol. The van der Waals surface area contributed by atoms with Crippen molar-refractivity contribution >= 4 is 28.9 Å². The van der Waals surface area contributed by atoms with Gasteiger partial charge in [-0.1, -0.05) is 32.0 Å². The Hall–Kier alpha value is -2.38. The van der Waals surface area contributed by atoms with Gasteiger partial charge in [-0.15, -0.1) is 11.3 Å². The van der Waals surface area contributed by atoms with Gasteiger partial charge in [0, 0.05) is 36.6 Å². The summed E-state index contributed by atoms with van der Waals surface area (Å²) in [5.74, 6) is 0.802. The van der Waals surface area contributed by atoms with Gasteiger partial charge in [-0.05, 0) is 55.1 Å². The standard InChI is InChI=1S/C23H33N5OS/c1-17(2)22(29)27-19-10-8-18(9-11-19)15-25-23(24-3)26-16-20(21-7-6-14-30-21)28-12-4-5-13-28/h6-11,14,17,20H,4-5,12-13,15-16H2,1-3H3,(H,27,29)(H2,24,25,26). The van der Waals surface area contributed by atoms with Gasteiger partial charge in [-0.2, -0.15) is 0 Å². The quantitative estimate of drug-likeness (QED) is 0.442. The number of anilines is 1. The van der Waals surface area contributed by atoms with Gasteiger partial charge >= 0.3 is 0 Å². The molecule has 1 aromatic carbocycles. The number of amides is 1. The van der Waals surface area contributed by atoms with E-state index in [0.29, 0.717) is 12.6 Å². The molecule has 0 aliphatic carbocycles. The molecular weight excluding hydrogens is 394 g/mol. The van der Waals surface area contributed by atoms with Crippen molar-refractivity contribution in [1.82, 2.24) is 15.5 Å². The minimum atomic E-state index is -0.0284. The van der Waals surface area contributed by atoms with E-state index < -0.39 is 0 Å². The Bertz CT molecular complexity index is 811. The van der Waals surface area contributed by atoms with Crippen LogP contribution < -0.4 is 16.0 Å². The van der Waals surface area contributed by atoms with Crippen LogP contribution >= 0.6 is 11.3 Å². The maximum Gasteiger partial charge on any atom is 0.226 e. The van der Waals surface area contributed by atoms with Gasteiger partial charge < -0.3 is 16.0 Å². The largest absolute Gasteiger partial charge is 0.354 e. The highest BCUT2D eigenvalue weighted by molar-refractivity contribution is 7.10. The Morgan fingerprint density at radius 1 is 1.13 bits per heavy atom. The van der Waals surface area contributed by atoms with E-state index in [4.69, 9.17) is 0 Å². The van der Waals surface area contributed by atoms with Gasteiger partial charge in [0.05, 0.1) is 6.04 Å². The summed E-state index contributed by atoms with van der Waals surface area (Å²) in [5, 5.41) is 12.0. The molecular formula is C23H33N5OS. The summed E-state index contributed by atoms with van der Waals surface area (Å²) in [6.07, 6.45) is 2.56. The van der Waals surface area contributed by atoms with E-state index in [2.05, 4.69) is 43.4 Å². The first-order valence-corrected chi connectivity index (χ1v) is 11.6. The maximum atomic E-state index is 11.8. The third-order valence-corrected chi connectivity index (χ3v) is 6.32. The van der Waals surface area contributed by atoms with Crippen molar-refractivity contribution in [2.75, 3.05) is 32.0 Å². The summed E-state index contributed by atoms with van der Waals surface area (Å²) < 4.78 is 0. The lowest BCUT2D eigenvalue weighted by Crippen LogP contribution is -2.42. The first-order chi connectivity index (χ1) is 14.6. The number of benzene rings is 1. The molecule has 2 heterocycles. The summed E-state index contributed by atoms with van der Waals surface area (Å²) in [7, 11) is 1.80. The number of carbonyl (C=O) groups excluding carboxylic acids is 1. The summed E-state index contributed by atoms with van der Waals surface area (Å²) in [4.78, 5) is 20.2. The number of guanidine groups is 1. The minimum Gasteiger partial charge on any atom is -0.354 e. The summed E-state index contributed by atoms with van der Waals surface area (Å²) in [5.41, 5.74) is 1.96. The predicted octanol–water partition coefficient (Wildman–Crippen LogP) is 3.84. The van der Waals surface area contributed by atoms with Crippen LogP contribution in [0.1, 0.15) is 43.2 Å². The number of hydrogen-bond donors (Lipinski definition) is 3. The van der Waals surface area contributed by atoms with E-state index in [9.17, 15) is 4.79 Å². The molecule has 0 spiro atoms. The van der Waals surface area contributed by atoms with Crippen molar-refractivity contribution in [2.24, 2.45) is 10.9 Å². The Morgan fingerprint density at radius 3 is 2.47 bits per heavy atom. The topological polar surface area (TPSA) is 68.8 Å². The Morgan fingerprint density at radius 2 is 1.87 bits per heavy atom. The zero-order chi connectivity index (χ0) is 21.3. The van der Waals surface area contributed by atoms with Crippen LogP contribution in [-0.2, 0) is 11.3 Å². The molecule has 7 heteroatoms. The molecule has 1 fully saturated rings. The Kier molecular flexibility index (Phi) is 8.28. The molecule has 3 rings (SSSR count). The van der Waals surface area contributed by atoms with Crippen LogP contribution in [0.5, 0.6) is 0 Å². The second kappa shape index (κ2) is 11.1. The first-order valence-electron chi connectivity index (χ1n) is 10.7. The molecule has 3 N–H and O–H groups in total. The van der Waals surface area contributed by atoms with Crippen molar-refractivity contribution in [3.8, 4) is 0 Å². The van der Waals surface area contributed by atoms with Crippen LogP contribution in [0.4, 0.5) is 5.69 Å². The lowest BCUT2D eigenvalue weighted by molar-refractivity contribution is -0.118. The van der Waals surface area contributed by atoms with Crippen molar-refractivity contribution in [3.05, 3.63) is 52.2 Å².